The van der Waals surface area contributed by atoms with Gasteiger partial charge >= 0.3 is 12.0 Å². The number of ether oxygens (including phenoxy) is 3. The summed E-state index contributed by atoms with van der Waals surface area (Å²) in [5.74, 6) is 1.19. The first-order chi connectivity index (χ1) is 12.4. The van der Waals surface area contributed by atoms with E-state index in [4.69, 9.17) is 25.8 Å². The van der Waals surface area contributed by atoms with E-state index in [0.717, 1.165) is 0 Å². The average Bonchev–Trinajstić information content (AvgIpc) is 2.60. The Kier molecular flexibility index (Phi) is 6.97. The summed E-state index contributed by atoms with van der Waals surface area (Å²) in [6.45, 7) is 3.99. The van der Waals surface area contributed by atoms with Crippen LogP contribution in [0.15, 0.2) is 24.3 Å². The van der Waals surface area contributed by atoms with Crippen molar-refractivity contribution in [3.8, 4) is 17.5 Å². The molecule has 26 heavy (non-hydrogen) atoms. The third-order valence-electron chi connectivity index (χ3n) is 3.35. The molecular weight excluding hydrogens is 360 g/mol. The third-order valence-corrected chi connectivity index (χ3v) is 3.52. The number of halogens is 1. The normalized spacial score (nSPS) is 11.8. The van der Waals surface area contributed by atoms with E-state index in [0.29, 0.717) is 17.9 Å². The Labute approximate surface area is 156 Å². The van der Waals surface area contributed by atoms with Crippen molar-refractivity contribution in [2.75, 3.05) is 19.5 Å². The number of hydrogen-bond acceptors (Lipinski definition) is 8. The molecule has 0 amide bonds. The van der Waals surface area contributed by atoms with Crippen LogP contribution >= 0.6 is 11.6 Å². The van der Waals surface area contributed by atoms with Crippen molar-refractivity contribution in [2.24, 2.45) is 5.92 Å². The van der Waals surface area contributed by atoms with E-state index < -0.39 is 12.0 Å². The maximum atomic E-state index is 11.9. The van der Waals surface area contributed by atoms with Crippen molar-refractivity contribution in [1.29, 1.82) is 0 Å². The van der Waals surface area contributed by atoms with Gasteiger partial charge in [-0.15, -0.1) is 0 Å². The van der Waals surface area contributed by atoms with Gasteiger partial charge in [0.15, 0.2) is 0 Å². The SMILES string of the molecule is COC(=O)[C@H](CC(C)C)Nc1nc(Cl)nc(Oc2ccc(OC)cc2)n1. The summed E-state index contributed by atoms with van der Waals surface area (Å²) in [6.07, 6.45) is 0.546. The zero-order valence-corrected chi connectivity index (χ0v) is 15.8. The summed E-state index contributed by atoms with van der Waals surface area (Å²) in [5, 5.41) is 2.87. The van der Waals surface area contributed by atoms with Crippen LogP contribution in [-0.4, -0.2) is 41.2 Å². The Hall–Kier alpha value is -2.61. The van der Waals surface area contributed by atoms with Gasteiger partial charge in [-0.25, -0.2) is 4.79 Å². The number of nitrogens with one attached hydrogen (secondary N) is 1. The lowest BCUT2D eigenvalue weighted by Crippen LogP contribution is -2.32. The van der Waals surface area contributed by atoms with Crippen LogP contribution in [0.1, 0.15) is 20.3 Å². The fourth-order valence-electron chi connectivity index (χ4n) is 2.17. The first-order valence-electron chi connectivity index (χ1n) is 7.99. The minimum Gasteiger partial charge on any atom is -0.497 e. The number of carbonyl (C=O) groups is 1. The lowest BCUT2D eigenvalue weighted by Gasteiger charge is -2.18. The van der Waals surface area contributed by atoms with Gasteiger partial charge in [0.05, 0.1) is 14.2 Å². The number of methoxy groups -OCH3 is 2. The molecule has 1 N–H and O–H groups in total. The molecule has 0 aliphatic carbocycles. The standard InChI is InChI=1S/C17H21ClN4O4/c1-10(2)9-13(14(23)25-4)19-16-20-15(18)21-17(22-16)26-12-7-5-11(24-3)6-8-12/h5-8,10,13H,9H2,1-4H3,(H,19,20,21,22)/t13-/m0/s1. The molecule has 0 aliphatic rings. The molecule has 2 aromatic rings. The van der Waals surface area contributed by atoms with E-state index in [1.807, 2.05) is 13.8 Å². The number of anilines is 1. The molecular formula is C17H21ClN4O4. The molecule has 8 nitrogen and oxygen atoms in total. The van der Waals surface area contributed by atoms with Crippen molar-refractivity contribution < 1.29 is 19.0 Å². The van der Waals surface area contributed by atoms with Crippen LogP contribution in [0.3, 0.4) is 0 Å². The van der Waals surface area contributed by atoms with Gasteiger partial charge in [0.1, 0.15) is 17.5 Å². The highest BCUT2D eigenvalue weighted by molar-refractivity contribution is 6.28. The molecule has 1 atom stereocenters. The zero-order chi connectivity index (χ0) is 19.1. The molecule has 0 unspecified atom stereocenters. The molecule has 0 fully saturated rings. The molecule has 0 saturated heterocycles. The number of esters is 1. The number of aromatic nitrogens is 3. The summed E-state index contributed by atoms with van der Waals surface area (Å²) in [5.41, 5.74) is 0. The van der Waals surface area contributed by atoms with E-state index in [2.05, 4.69) is 20.3 Å². The van der Waals surface area contributed by atoms with Gasteiger partial charge in [-0.1, -0.05) is 13.8 Å². The number of nitrogens with zero attached hydrogens (tertiary/aromatic N) is 3. The van der Waals surface area contributed by atoms with Crippen LogP contribution in [0.4, 0.5) is 5.95 Å². The Morgan fingerprint density at radius 3 is 2.35 bits per heavy atom. The second kappa shape index (κ2) is 9.19. The molecule has 0 spiro atoms. The minimum absolute atomic E-state index is 0.00540. The van der Waals surface area contributed by atoms with Crippen molar-refractivity contribution in [2.45, 2.75) is 26.3 Å². The van der Waals surface area contributed by atoms with E-state index >= 15 is 0 Å². The monoisotopic (exact) mass is 380 g/mol. The molecule has 1 aromatic carbocycles. The highest BCUT2D eigenvalue weighted by Gasteiger charge is 2.22. The van der Waals surface area contributed by atoms with Crippen LogP contribution in [0.2, 0.25) is 5.28 Å². The summed E-state index contributed by atoms with van der Waals surface area (Å²) >= 11 is 5.95. The first kappa shape index (κ1) is 19.7. The van der Waals surface area contributed by atoms with Gasteiger partial charge in [0.2, 0.25) is 11.2 Å². The topological polar surface area (TPSA) is 95.5 Å². The Balaban J connectivity index is 2.17. The summed E-state index contributed by atoms with van der Waals surface area (Å²) in [4.78, 5) is 24.0. The van der Waals surface area contributed by atoms with Gasteiger partial charge in [-0.3, -0.25) is 0 Å². The van der Waals surface area contributed by atoms with E-state index in [1.54, 1.807) is 31.4 Å². The largest absolute Gasteiger partial charge is 0.497 e. The van der Waals surface area contributed by atoms with Crippen LogP contribution < -0.4 is 14.8 Å². The average molecular weight is 381 g/mol. The number of rotatable bonds is 8. The summed E-state index contributed by atoms with van der Waals surface area (Å²) < 4.78 is 15.5. The van der Waals surface area contributed by atoms with Gasteiger partial charge in [-0.05, 0) is 48.2 Å². The number of hydrogen-bond donors (Lipinski definition) is 1. The Bertz CT molecular complexity index is 740. The smallest absolute Gasteiger partial charge is 0.328 e. The summed E-state index contributed by atoms with van der Waals surface area (Å²) in [6, 6.07) is 6.30. The van der Waals surface area contributed by atoms with E-state index in [1.165, 1.54) is 7.11 Å². The molecule has 0 saturated carbocycles. The number of benzene rings is 1. The summed E-state index contributed by atoms with van der Waals surface area (Å²) in [7, 11) is 2.91. The Morgan fingerprint density at radius 2 is 1.77 bits per heavy atom. The van der Waals surface area contributed by atoms with Crippen molar-refractivity contribution in [1.82, 2.24) is 15.0 Å². The maximum absolute atomic E-state index is 11.9. The lowest BCUT2D eigenvalue weighted by atomic mass is 10.0. The molecule has 1 heterocycles. The van der Waals surface area contributed by atoms with Crippen molar-refractivity contribution >= 4 is 23.5 Å². The lowest BCUT2D eigenvalue weighted by molar-refractivity contribution is -0.141. The van der Waals surface area contributed by atoms with Gasteiger partial charge in [0, 0.05) is 0 Å². The Morgan fingerprint density at radius 1 is 1.12 bits per heavy atom. The highest BCUT2D eigenvalue weighted by atomic mass is 35.5. The van der Waals surface area contributed by atoms with Gasteiger partial charge < -0.3 is 19.5 Å². The highest BCUT2D eigenvalue weighted by Crippen LogP contribution is 2.23. The predicted octanol–water partition coefficient (Wildman–Crippen LogP) is 3.33. The van der Waals surface area contributed by atoms with Crippen LogP contribution in [0.5, 0.6) is 17.5 Å². The molecule has 140 valence electrons. The number of carbonyl (C=O) groups excluding carboxylic acids is 1. The predicted molar refractivity (Wildman–Crippen MR) is 96.8 cm³/mol. The van der Waals surface area contributed by atoms with Gasteiger partial charge in [-0.2, -0.15) is 15.0 Å². The molecule has 9 heteroatoms. The third kappa shape index (κ3) is 5.73. The molecule has 0 aliphatic heterocycles. The van der Waals surface area contributed by atoms with E-state index in [9.17, 15) is 4.79 Å². The van der Waals surface area contributed by atoms with Crippen molar-refractivity contribution in [3.05, 3.63) is 29.5 Å². The second-order valence-corrected chi connectivity index (χ2v) is 6.18. The molecule has 0 bridgehead atoms. The first-order valence-corrected chi connectivity index (χ1v) is 8.37. The van der Waals surface area contributed by atoms with Crippen LogP contribution in [0, 0.1) is 5.92 Å². The van der Waals surface area contributed by atoms with Crippen LogP contribution in [0.25, 0.3) is 0 Å². The maximum Gasteiger partial charge on any atom is 0.328 e. The quantitative estimate of drug-likeness (QED) is 0.697. The fraction of sp³-hybridized carbons (Fsp3) is 0.412. The molecule has 1 aromatic heterocycles. The van der Waals surface area contributed by atoms with Crippen molar-refractivity contribution in [3.63, 3.8) is 0 Å². The fourth-order valence-corrected chi connectivity index (χ4v) is 2.33. The van der Waals surface area contributed by atoms with Crippen LogP contribution in [-0.2, 0) is 9.53 Å². The molecule has 2 rings (SSSR count). The molecule has 0 radical (unpaired) electrons. The zero-order valence-electron chi connectivity index (χ0n) is 15.0. The van der Waals surface area contributed by atoms with Gasteiger partial charge in [0.25, 0.3) is 0 Å². The second-order valence-electron chi connectivity index (χ2n) is 5.84. The van der Waals surface area contributed by atoms with E-state index in [-0.39, 0.29) is 23.2 Å². The minimum atomic E-state index is -0.604.